The summed E-state index contributed by atoms with van der Waals surface area (Å²) in [6, 6.07) is 18.6. The molecular formula is C20H14FNOS. The Hall–Kier alpha value is -2.72. The minimum Gasteiger partial charge on any atom is -0.489 e. The predicted octanol–water partition coefficient (Wildman–Crippen LogP) is 5.68. The van der Waals surface area contributed by atoms with Gasteiger partial charge >= 0.3 is 0 Å². The van der Waals surface area contributed by atoms with Gasteiger partial charge in [0.15, 0.2) is 0 Å². The Morgan fingerprint density at radius 3 is 2.62 bits per heavy atom. The lowest BCUT2D eigenvalue weighted by Gasteiger charge is -2.07. The van der Waals surface area contributed by atoms with Gasteiger partial charge in [0.05, 0.1) is 0 Å². The van der Waals surface area contributed by atoms with Gasteiger partial charge in [-0.25, -0.2) is 4.39 Å². The van der Waals surface area contributed by atoms with Gasteiger partial charge in [-0.05, 0) is 47.9 Å². The molecule has 2 aromatic carbocycles. The SMILES string of the molecule is Fc1ccc(OCc2cncc(-c3cc4ccccc4s3)c2)cc1. The Balaban J connectivity index is 1.55. The summed E-state index contributed by atoms with van der Waals surface area (Å²) in [6.07, 6.45) is 3.66. The second-order valence-electron chi connectivity index (χ2n) is 5.47. The quantitative estimate of drug-likeness (QED) is 0.478. The standard InChI is InChI=1S/C20H14FNOS/c21-17-5-7-18(8-6-17)23-13-14-9-16(12-22-11-14)20-10-15-3-1-2-4-19(15)24-20/h1-12H,13H2. The lowest BCUT2D eigenvalue weighted by atomic mass is 10.1. The highest BCUT2D eigenvalue weighted by Crippen LogP contribution is 2.33. The average molecular weight is 335 g/mol. The van der Waals surface area contributed by atoms with Crippen LogP contribution in [0.25, 0.3) is 20.5 Å². The summed E-state index contributed by atoms with van der Waals surface area (Å²) in [5.74, 6) is 0.374. The second-order valence-corrected chi connectivity index (χ2v) is 6.56. The fourth-order valence-electron chi connectivity index (χ4n) is 2.52. The van der Waals surface area contributed by atoms with E-state index in [4.69, 9.17) is 4.74 Å². The van der Waals surface area contributed by atoms with Crippen LogP contribution in [0.2, 0.25) is 0 Å². The van der Waals surface area contributed by atoms with Crippen LogP contribution < -0.4 is 4.74 Å². The number of thiophene rings is 1. The van der Waals surface area contributed by atoms with Crippen molar-refractivity contribution in [3.63, 3.8) is 0 Å². The Kier molecular flexibility index (Phi) is 3.97. The summed E-state index contributed by atoms with van der Waals surface area (Å²) in [6.45, 7) is 0.400. The molecule has 0 atom stereocenters. The first kappa shape index (κ1) is 14.8. The van der Waals surface area contributed by atoms with E-state index in [2.05, 4.69) is 29.2 Å². The summed E-state index contributed by atoms with van der Waals surface area (Å²) >= 11 is 1.75. The number of hydrogen-bond acceptors (Lipinski definition) is 3. The zero-order chi connectivity index (χ0) is 16.4. The average Bonchev–Trinajstić information content (AvgIpc) is 3.06. The van der Waals surface area contributed by atoms with E-state index in [0.29, 0.717) is 12.4 Å². The Morgan fingerprint density at radius 1 is 0.958 bits per heavy atom. The van der Waals surface area contributed by atoms with Gasteiger partial charge in [0.2, 0.25) is 0 Å². The molecule has 2 heterocycles. The van der Waals surface area contributed by atoms with Crippen molar-refractivity contribution in [2.24, 2.45) is 0 Å². The van der Waals surface area contributed by atoms with Crippen LogP contribution >= 0.6 is 11.3 Å². The second kappa shape index (κ2) is 6.42. The lowest BCUT2D eigenvalue weighted by Crippen LogP contribution is -1.96. The molecular weight excluding hydrogens is 321 g/mol. The summed E-state index contributed by atoms with van der Waals surface area (Å²) in [4.78, 5) is 5.51. The van der Waals surface area contributed by atoms with E-state index < -0.39 is 0 Å². The van der Waals surface area contributed by atoms with E-state index in [-0.39, 0.29) is 5.82 Å². The number of ether oxygens (including phenoxy) is 1. The molecule has 2 nitrogen and oxygen atoms in total. The van der Waals surface area contributed by atoms with Gasteiger partial charge in [-0.1, -0.05) is 18.2 Å². The molecule has 4 heteroatoms. The molecule has 0 aliphatic rings. The van der Waals surface area contributed by atoms with Crippen molar-refractivity contribution in [2.45, 2.75) is 6.61 Å². The number of pyridine rings is 1. The molecule has 0 saturated carbocycles. The predicted molar refractivity (Wildman–Crippen MR) is 95.8 cm³/mol. The zero-order valence-electron chi connectivity index (χ0n) is 12.8. The number of aromatic nitrogens is 1. The van der Waals surface area contributed by atoms with Gasteiger partial charge in [-0.2, -0.15) is 0 Å². The molecule has 4 aromatic rings. The summed E-state index contributed by atoms with van der Waals surface area (Å²) in [5.41, 5.74) is 2.06. The lowest BCUT2D eigenvalue weighted by molar-refractivity contribution is 0.305. The highest BCUT2D eigenvalue weighted by molar-refractivity contribution is 7.22. The number of hydrogen-bond donors (Lipinski definition) is 0. The Labute approximate surface area is 143 Å². The van der Waals surface area contributed by atoms with Crippen LogP contribution in [-0.2, 0) is 6.61 Å². The molecule has 0 aliphatic carbocycles. The van der Waals surface area contributed by atoms with E-state index in [1.165, 1.54) is 27.1 Å². The third-order valence-electron chi connectivity index (χ3n) is 3.72. The van der Waals surface area contributed by atoms with Gasteiger partial charge in [0.25, 0.3) is 0 Å². The topological polar surface area (TPSA) is 22.1 Å². The maximum Gasteiger partial charge on any atom is 0.123 e. The number of rotatable bonds is 4. The first-order valence-electron chi connectivity index (χ1n) is 7.59. The fourth-order valence-corrected chi connectivity index (χ4v) is 3.57. The molecule has 0 amide bonds. The van der Waals surface area contributed by atoms with Crippen LogP contribution in [0, 0.1) is 5.82 Å². The number of nitrogens with zero attached hydrogens (tertiary/aromatic N) is 1. The van der Waals surface area contributed by atoms with Crippen molar-refractivity contribution < 1.29 is 9.13 Å². The molecule has 0 unspecified atom stereocenters. The van der Waals surface area contributed by atoms with Crippen molar-refractivity contribution in [1.82, 2.24) is 4.98 Å². The normalized spacial score (nSPS) is 10.9. The first-order chi connectivity index (χ1) is 11.8. The molecule has 0 N–H and O–H groups in total. The zero-order valence-corrected chi connectivity index (χ0v) is 13.6. The van der Waals surface area contributed by atoms with E-state index in [0.717, 1.165) is 11.1 Å². The first-order valence-corrected chi connectivity index (χ1v) is 8.41. The third-order valence-corrected chi connectivity index (χ3v) is 4.89. The summed E-state index contributed by atoms with van der Waals surface area (Å²) in [7, 11) is 0. The minimum absolute atomic E-state index is 0.268. The molecule has 24 heavy (non-hydrogen) atoms. The van der Waals surface area contributed by atoms with E-state index >= 15 is 0 Å². The summed E-state index contributed by atoms with van der Waals surface area (Å²) < 4.78 is 19.9. The van der Waals surface area contributed by atoms with E-state index in [1.54, 1.807) is 29.7 Å². The van der Waals surface area contributed by atoms with Crippen molar-refractivity contribution in [1.29, 1.82) is 0 Å². The van der Waals surface area contributed by atoms with Crippen LogP contribution in [0.4, 0.5) is 4.39 Å². The monoisotopic (exact) mass is 335 g/mol. The number of halogens is 1. The molecule has 0 radical (unpaired) electrons. The largest absolute Gasteiger partial charge is 0.489 e. The Morgan fingerprint density at radius 2 is 1.79 bits per heavy atom. The van der Waals surface area contributed by atoms with Crippen molar-refractivity contribution in [3.8, 4) is 16.2 Å². The van der Waals surface area contributed by atoms with Gasteiger partial charge in [-0.3, -0.25) is 4.98 Å². The number of benzene rings is 2. The van der Waals surface area contributed by atoms with Gasteiger partial charge < -0.3 is 4.74 Å². The highest BCUT2D eigenvalue weighted by Gasteiger charge is 2.06. The maximum atomic E-state index is 12.9. The fraction of sp³-hybridized carbons (Fsp3) is 0.0500. The molecule has 0 aliphatic heterocycles. The van der Waals surface area contributed by atoms with Crippen LogP contribution in [-0.4, -0.2) is 4.98 Å². The molecule has 118 valence electrons. The summed E-state index contributed by atoms with van der Waals surface area (Å²) in [5, 5.41) is 1.24. The minimum atomic E-state index is -0.268. The molecule has 0 bridgehead atoms. The van der Waals surface area contributed by atoms with Crippen molar-refractivity contribution in [3.05, 3.63) is 84.4 Å². The molecule has 0 spiro atoms. The van der Waals surface area contributed by atoms with Crippen LogP contribution in [0.5, 0.6) is 5.75 Å². The van der Waals surface area contributed by atoms with E-state index in [9.17, 15) is 4.39 Å². The van der Waals surface area contributed by atoms with Crippen LogP contribution in [0.15, 0.2) is 73.1 Å². The highest BCUT2D eigenvalue weighted by atomic mass is 32.1. The number of fused-ring (bicyclic) bond motifs is 1. The maximum absolute atomic E-state index is 12.9. The van der Waals surface area contributed by atoms with E-state index in [1.807, 2.05) is 18.3 Å². The van der Waals surface area contributed by atoms with Crippen LogP contribution in [0.3, 0.4) is 0 Å². The third kappa shape index (κ3) is 3.14. The van der Waals surface area contributed by atoms with Gasteiger partial charge in [0, 0.05) is 33.1 Å². The molecule has 4 rings (SSSR count). The van der Waals surface area contributed by atoms with Gasteiger partial charge in [-0.15, -0.1) is 11.3 Å². The van der Waals surface area contributed by atoms with Crippen molar-refractivity contribution in [2.75, 3.05) is 0 Å². The smallest absolute Gasteiger partial charge is 0.123 e. The van der Waals surface area contributed by atoms with Crippen LogP contribution in [0.1, 0.15) is 5.56 Å². The Bertz CT molecular complexity index is 945. The molecule has 2 aromatic heterocycles. The molecule has 0 saturated heterocycles. The molecule has 0 fully saturated rings. The van der Waals surface area contributed by atoms with Crippen molar-refractivity contribution >= 4 is 21.4 Å². The van der Waals surface area contributed by atoms with Gasteiger partial charge in [0.1, 0.15) is 18.2 Å².